The minimum Gasteiger partial charge on any atom is -0.377 e. The van der Waals surface area contributed by atoms with Crippen molar-refractivity contribution in [2.45, 2.75) is 63.9 Å². The van der Waals surface area contributed by atoms with E-state index >= 15 is 0 Å². The SMILES string of the molecule is CCc1cc2c3c([nH]c2cc1S(=O)(=O)NCC1CCCO1)CC(C)(C)CC3=O. The number of fused-ring (bicyclic) bond motifs is 3. The zero-order valence-corrected chi connectivity index (χ0v) is 17.5. The molecule has 1 aliphatic carbocycles. The number of nitrogens with one attached hydrogen (secondary N) is 2. The predicted octanol–water partition coefficient (Wildman–Crippen LogP) is 3.34. The summed E-state index contributed by atoms with van der Waals surface area (Å²) in [5.41, 5.74) is 3.01. The Morgan fingerprint density at radius 1 is 1.29 bits per heavy atom. The lowest BCUT2D eigenvalue weighted by atomic mass is 9.76. The summed E-state index contributed by atoms with van der Waals surface area (Å²) in [5.74, 6) is 0.131. The molecule has 1 aliphatic heterocycles. The fourth-order valence-corrected chi connectivity index (χ4v) is 5.83. The van der Waals surface area contributed by atoms with Gasteiger partial charge in [0.2, 0.25) is 10.0 Å². The molecule has 0 saturated carbocycles. The third-order valence-corrected chi connectivity index (χ3v) is 7.33. The van der Waals surface area contributed by atoms with Crippen molar-refractivity contribution in [1.82, 2.24) is 9.71 Å². The number of Topliss-reactive ketones (excluding diaryl/α,β-unsaturated/α-hetero) is 1. The summed E-state index contributed by atoms with van der Waals surface area (Å²) in [5, 5.41) is 0.838. The van der Waals surface area contributed by atoms with Gasteiger partial charge in [0.1, 0.15) is 0 Å². The molecular formula is C21H28N2O4S. The van der Waals surface area contributed by atoms with E-state index < -0.39 is 10.0 Å². The Bertz CT molecular complexity index is 1030. The van der Waals surface area contributed by atoms with E-state index in [4.69, 9.17) is 4.74 Å². The molecule has 0 amide bonds. The molecule has 28 heavy (non-hydrogen) atoms. The van der Waals surface area contributed by atoms with Crippen LogP contribution < -0.4 is 4.72 Å². The predicted molar refractivity (Wildman–Crippen MR) is 108 cm³/mol. The average Bonchev–Trinajstić information content (AvgIpc) is 3.24. The van der Waals surface area contributed by atoms with Crippen LogP contribution in [0.3, 0.4) is 0 Å². The molecule has 2 aliphatic rings. The van der Waals surface area contributed by atoms with Gasteiger partial charge in [-0.3, -0.25) is 4.79 Å². The van der Waals surface area contributed by atoms with Crippen molar-refractivity contribution in [3.05, 3.63) is 29.0 Å². The highest BCUT2D eigenvalue weighted by Gasteiger charge is 2.34. The Kier molecular flexibility index (Phi) is 4.88. The van der Waals surface area contributed by atoms with Gasteiger partial charge in [-0.1, -0.05) is 20.8 Å². The minimum absolute atomic E-state index is 0.0544. The number of aromatic amines is 1. The van der Waals surface area contributed by atoms with Gasteiger partial charge in [-0.15, -0.1) is 0 Å². The maximum atomic E-state index is 13.0. The maximum absolute atomic E-state index is 13.0. The molecule has 1 fully saturated rings. The van der Waals surface area contributed by atoms with Gasteiger partial charge in [0.25, 0.3) is 0 Å². The Morgan fingerprint density at radius 2 is 2.07 bits per heavy atom. The number of hydrogen-bond donors (Lipinski definition) is 2. The molecule has 7 heteroatoms. The van der Waals surface area contributed by atoms with E-state index in [9.17, 15) is 13.2 Å². The Balaban J connectivity index is 1.74. The van der Waals surface area contributed by atoms with Crippen LogP contribution in [0.1, 0.15) is 61.6 Å². The molecule has 0 bridgehead atoms. The van der Waals surface area contributed by atoms with Gasteiger partial charge in [0, 0.05) is 41.7 Å². The molecule has 1 unspecified atom stereocenters. The van der Waals surface area contributed by atoms with E-state index in [0.717, 1.165) is 41.5 Å². The molecule has 2 heterocycles. The van der Waals surface area contributed by atoms with E-state index in [1.807, 2.05) is 13.0 Å². The zero-order chi connectivity index (χ0) is 20.1. The van der Waals surface area contributed by atoms with Crippen molar-refractivity contribution in [2.75, 3.05) is 13.2 Å². The fraction of sp³-hybridized carbons (Fsp3) is 0.571. The first-order valence-corrected chi connectivity index (χ1v) is 11.5. The Morgan fingerprint density at radius 3 is 2.75 bits per heavy atom. The Hall–Kier alpha value is -1.70. The van der Waals surface area contributed by atoms with Crippen molar-refractivity contribution in [2.24, 2.45) is 5.41 Å². The minimum atomic E-state index is -3.65. The van der Waals surface area contributed by atoms with Gasteiger partial charge < -0.3 is 9.72 Å². The standard InChI is InChI=1S/C21H28N2O4S/c1-4-13-8-15-16(23-17-10-21(2,3)11-18(24)20(15)17)9-19(13)28(25,26)22-12-14-6-5-7-27-14/h8-9,14,22-23H,4-7,10-12H2,1-3H3. The first kappa shape index (κ1) is 19.6. The first-order chi connectivity index (χ1) is 13.2. The second-order valence-electron chi connectivity index (χ2n) is 8.77. The van der Waals surface area contributed by atoms with Gasteiger partial charge in [0.15, 0.2) is 5.78 Å². The summed E-state index contributed by atoms with van der Waals surface area (Å²) in [6.45, 7) is 7.09. The summed E-state index contributed by atoms with van der Waals surface area (Å²) in [6, 6.07) is 3.56. The summed E-state index contributed by atoms with van der Waals surface area (Å²) in [6.07, 6.45) is 3.66. The lowest BCUT2D eigenvalue weighted by Crippen LogP contribution is -2.32. The van der Waals surface area contributed by atoms with E-state index in [1.165, 1.54) is 0 Å². The molecule has 1 saturated heterocycles. The summed E-state index contributed by atoms with van der Waals surface area (Å²) in [4.78, 5) is 16.4. The lowest BCUT2D eigenvalue weighted by Gasteiger charge is -2.28. The molecule has 1 aromatic heterocycles. The summed E-state index contributed by atoms with van der Waals surface area (Å²) in [7, 11) is -3.65. The fourth-order valence-electron chi connectivity index (χ4n) is 4.45. The highest BCUT2D eigenvalue weighted by molar-refractivity contribution is 7.89. The molecule has 0 radical (unpaired) electrons. The Labute approximate surface area is 166 Å². The van der Waals surface area contributed by atoms with Crippen LogP contribution in [-0.2, 0) is 27.6 Å². The maximum Gasteiger partial charge on any atom is 0.241 e. The number of aromatic nitrogens is 1. The van der Waals surface area contributed by atoms with Gasteiger partial charge in [-0.25, -0.2) is 13.1 Å². The van der Waals surface area contributed by atoms with Crippen LogP contribution in [0.15, 0.2) is 17.0 Å². The van der Waals surface area contributed by atoms with Crippen molar-refractivity contribution >= 4 is 26.7 Å². The highest BCUT2D eigenvalue weighted by Crippen LogP contribution is 2.39. The van der Waals surface area contributed by atoms with Gasteiger partial charge in [0.05, 0.1) is 11.0 Å². The number of hydrogen-bond acceptors (Lipinski definition) is 4. The molecule has 2 aromatic rings. The number of ether oxygens (including phenoxy) is 1. The lowest BCUT2D eigenvalue weighted by molar-refractivity contribution is 0.0913. The smallest absolute Gasteiger partial charge is 0.241 e. The molecular weight excluding hydrogens is 376 g/mol. The number of carbonyl (C=O) groups excluding carboxylic acids is 1. The molecule has 6 nitrogen and oxygen atoms in total. The van der Waals surface area contributed by atoms with Crippen LogP contribution in [0, 0.1) is 5.41 Å². The zero-order valence-electron chi connectivity index (χ0n) is 16.7. The first-order valence-electron chi connectivity index (χ1n) is 10.0. The quantitative estimate of drug-likeness (QED) is 0.800. The topological polar surface area (TPSA) is 88.3 Å². The van der Waals surface area contributed by atoms with Crippen LogP contribution in [0.4, 0.5) is 0 Å². The van der Waals surface area contributed by atoms with E-state index in [0.29, 0.717) is 25.0 Å². The van der Waals surface area contributed by atoms with E-state index in [1.54, 1.807) is 6.07 Å². The number of ketones is 1. The molecule has 0 spiro atoms. The molecule has 152 valence electrons. The van der Waals surface area contributed by atoms with Crippen LogP contribution in [-0.4, -0.2) is 38.4 Å². The third kappa shape index (κ3) is 3.51. The van der Waals surface area contributed by atoms with E-state index in [2.05, 4.69) is 23.6 Å². The monoisotopic (exact) mass is 404 g/mol. The number of H-pyrrole nitrogens is 1. The number of carbonyl (C=O) groups is 1. The number of rotatable bonds is 5. The molecule has 1 aromatic carbocycles. The highest BCUT2D eigenvalue weighted by atomic mass is 32.2. The number of aryl methyl sites for hydroxylation is 1. The second-order valence-corrected chi connectivity index (χ2v) is 10.5. The molecule has 4 rings (SSSR count). The average molecular weight is 405 g/mol. The van der Waals surface area contributed by atoms with Gasteiger partial charge in [-0.05, 0) is 48.8 Å². The molecule has 2 N–H and O–H groups in total. The van der Waals surface area contributed by atoms with Gasteiger partial charge in [-0.2, -0.15) is 0 Å². The van der Waals surface area contributed by atoms with Crippen LogP contribution >= 0.6 is 0 Å². The van der Waals surface area contributed by atoms with Crippen molar-refractivity contribution in [3.63, 3.8) is 0 Å². The number of sulfonamides is 1. The van der Waals surface area contributed by atoms with Crippen molar-refractivity contribution < 1.29 is 17.9 Å². The second kappa shape index (κ2) is 6.97. The largest absolute Gasteiger partial charge is 0.377 e. The van der Waals surface area contributed by atoms with Crippen molar-refractivity contribution in [1.29, 1.82) is 0 Å². The van der Waals surface area contributed by atoms with Gasteiger partial charge >= 0.3 is 0 Å². The van der Waals surface area contributed by atoms with Crippen molar-refractivity contribution in [3.8, 4) is 0 Å². The number of benzene rings is 1. The van der Waals surface area contributed by atoms with E-state index in [-0.39, 0.29) is 28.7 Å². The normalized spacial score (nSPS) is 22.0. The molecule has 1 atom stereocenters. The van der Waals surface area contributed by atoms with Crippen LogP contribution in [0.5, 0.6) is 0 Å². The summed E-state index contributed by atoms with van der Waals surface area (Å²) >= 11 is 0. The summed E-state index contributed by atoms with van der Waals surface area (Å²) < 4.78 is 34.2. The third-order valence-electron chi connectivity index (χ3n) is 5.83. The van der Waals surface area contributed by atoms with Crippen LogP contribution in [0.2, 0.25) is 0 Å². The van der Waals surface area contributed by atoms with Crippen LogP contribution in [0.25, 0.3) is 10.9 Å².